The van der Waals surface area contributed by atoms with Gasteiger partial charge >= 0.3 is 12.0 Å². The number of nitrogens with zero attached hydrogens (tertiary/aromatic N) is 1. The molecule has 1 heterocycles. The van der Waals surface area contributed by atoms with Gasteiger partial charge in [-0.3, -0.25) is 9.69 Å². The molecule has 8 heteroatoms. The fourth-order valence-corrected chi connectivity index (χ4v) is 3.62. The first-order chi connectivity index (χ1) is 10.0. The average Bonchev–Trinajstić information content (AvgIpc) is 3.21. The Morgan fingerprint density at radius 3 is 2.48 bits per heavy atom. The van der Waals surface area contributed by atoms with Crippen molar-refractivity contribution in [3.05, 3.63) is 0 Å². The molecule has 2 fully saturated rings. The maximum Gasteiger partial charge on any atom is 0.327 e. The van der Waals surface area contributed by atoms with Crippen molar-refractivity contribution < 1.29 is 19.5 Å². The van der Waals surface area contributed by atoms with E-state index in [-0.39, 0.29) is 23.2 Å². The Morgan fingerprint density at radius 1 is 1.24 bits per heavy atom. The second-order valence-corrected chi connectivity index (χ2v) is 6.47. The van der Waals surface area contributed by atoms with E-state index in [2.05, 4.69) is 10.6 Å². The molecule has 2 rings (SSSR count). The van der Waals surface area contributed by atoms with Crippen LogP contribution in [0.4, 0.5) is 4.79 Å². The van der Waals surface area contributed by atoms with E-state index in [9.17, 15) is 14.4 Å². The van der Waals surface area contributed by atoms with Crippen LogP contribution in [0.15, 0.2) is 0 Å². The normalized spacial score (nSPS) is 24.7. The molecule has 2 aliphatic rings. The van der Waals surface area contributed by atoms with E-state index in [0.29, 0.717) is 25.3 Å². The van der Waals surface area contributed by atoms with Crippen LogP contribution in [0.2, 0.25) is 0 Å². The molecule has 1 aliphatic carbocycles. The number of urea groups is 1. The predicted molar refractivity (Wildman–Crippen MR) is 78.9 cm³/mol. The lowest BCUT2D eigenvalue weighted by molar-refractivity contribution is -0.141. The first-order valence-corrected chi connectivity index (χ1v) is 8.27. The minimum atomic E-state index is -0.976. The Labute approximate surface area is 127 Å². The summed E-state index contributed by atoms with van der Waals surface area (Å²) in [6.07, 6.45) is 2.60. The number of rotatable bonds is 6. The SMILES string of the molecule is CCC1SCC(C(=O)O)N1C(=O)NCCNC(=O)C1CC1. The van der Waals surface area contributed by atoms with Gasteiger partial charge in [0, 0.05) is 24.8 Å². The van der Waals surface area contributed by atoms with Gasteiger partial charge < -0.3 is 15.7 Å². The van der Waals surface area contributed by atoms with Crippen LogP contribution >= 0.6 is 11.8 Å². The maximum atomic E-state index is 12.1. The molecule has 3 amide bonds. The highest BCUT2D eigenvalue weighted by Crippen LogP contribution is 2.31. The van der Waals surface area contributed by atoms with E-state index in [0.717, 1.165) is 12.8 Å². The van der Waals surface area contributed by atoms with Crippen LogP contribution in [0.25, 0.3) is 0 Å². The van der Waals surface area contributed by atoms with Gasteiger partial charge in [0.2, 0.25) is 5.91 Å². The van der Waals surface area contributed by atoms with Crippen LogP contribution in [0.1, 0.15) is 26.2 Å². The minimum Gasteiger partial charge on any atom is -0.480 e. The summed E-state index contributed by atoms with van der Waals surface area (Å²) in [5, 5.41) is 14.5. The van der Waals surface area contributed by atoms with Gasteiger partial charge in [-0.1, -0.05) is 6.92 Å². The summed E-state index contributed by atoms with van der Waals surface area (Å²) < 4.78 is 0. The van der Waals surface area contributed by atoms with Crippen molar-refractivity contribution in [1.29, 1.82) is 0 Å². The zero-order valence-corrected chi connectivity index (χ0v) is 12.8. The molecular formula is C13H21N3O4S. The highest BCUT2D eigenvalue weighted by molar-refractivity contribution is 8.00. The largest absolute Gasteiger partial charge is 0.480 e. The monoisotopic (exact) mass is 315 g/mol. The smallest absolute Gasteiger partial charge is 0.327 e. The zero-order valence-electron chi connectivity index (χ0n) is 12.0. The molecule has 1 aliphatic heterocycles. The van der Waals surface area contributed by atoms with Crippen molar-refractivity contribution in [2.24, 2.45) is 5.92 Å². The van der Waals surface area contributed by atoms with Gasteiger partial charge in [0.1, 0.15) is 6.04 Å². The number of thioether (sulfide) groups is 1. The average molecular weight is 315 g/mol. The molecule has 0 aromatic carbocycles. The summed E-state index contributed by atoms with van der Waals surface area (Å²) in [5.41, 5.74) is 0. The predicted octanol–water partition coefficient (Wildman–Crippen LogP) is 0.460. The molecule has 1 saturated carbocycles. The van der Waals surface area contributed by atoms with Crippen LogP contribution in [0, 0.1) is 5.92 Å². The number of amides is 3. The highest BCUT2D eigenvalue weighted by Gasteiger charge is 2.40. The number of hydrogen-bond donors (Lipinski definition) is 3. The summed E-state index contributed by atoms with van der Waals surface area (Å²) in [4.78, 5) is 36.2. The van der Waals surface area contributed by atoms with E-state index >= 15 is 0 Å². The summed E-state index contributed by atoms with van der Waals surface area (Å²) in [6, 6.07) is -1.15. The van der Waals surface area contributed by atoms with Gasteiger partial charge in [-0.2, -0.15) is 0 Å². The maximum absolute atomic E-state index is 12.1. The van der Waals surface area contributed by atoms with Gasteiger partial charge in [0.15, 0.2) is 0 Å². The van der Waals surface area contributed by atoms with Crippen LogP contribution in [0.5, 0.6) is 0 Å². The highest BCUT2D eigenvalue weighted by atomic mass is 32.2. The summed E-state index contributed by atoms with van der Waals surface area (Å²) in [7, 11) is 0. The molecule has 2 unspecified atom stereocenters. The van der Waals surface area contributed by atoms with Crippen molar-refractivity contribution in [1.82, 2.24) is 15.5 Å². The molecule has 1 saturated heterocycles. The molecule has 0 bridgehead atoms. The Bertz CT molecular complexity index is 428. The molecular weight excluding hydrogens is 294 g/mol. The van der Waals surface area contributed by atoms with E-state index in [1.165, 1.54) is 16.7 Å². The van der Waals surface area contributed by atoms with Crippen molar-refractivity contribution in [3.8, 4) is 0 Å². The quantitative estimate of drug-likeness (QED) is 0.619. The molecule has 0 aromatic heterocycles. The Balaban J connectivity index is 1.77. The molecule has 0 aromatic rings. The third-order valence-corrected chi connectivity index (χ3v) is 5.06. The van der Waals surface area contributed by atoms with E-state index in [1.807, 2.05) is 6.92 Å². The van der Waals surface area contributed by atoms with Gasteiger partial charge in [-0.15, -0.1) is 11.8 Å². The molecule has 0 spiro atoms. The fourth-order valence-electron chi connectivity index (χ4n) is 2.28. The van der Waals surface area contributed by atoms with Crippen molar-refractivity contribution in [2.45, 2.75) is 37.6 Å². The first-order valence-electron chi connectivity index (χ1n) is 7.22. The van der Waals surface area contributed by atoms with Crippen molar-refractivity contribution >= 4 is 29.7 Å². The number of hydrogen-bond acceptors (Lipinski definition) is 4. The summed E-state index contributed by atoms with van der Waals surface area (Å²) in [6.45, 7) is 2.61. The Morgan fingerprint density at radius 2 is 1.90 bits per heavy atom. The number of nitrogens with one attached hydrogen (secondary N) is 2. The summed E-state index contributed by atoms with van der Waals surface area (Å²) >= 11 is 1.49. The lowest BCUT2D eigenvalue weighted by atomic mass is 10.3. The lowest BCUT2D eigenvalue weighted by Crippen LogP contribution is -2.51. The second kappa shape index (κ2) is 7.02. The van der Waals surface area contributed by atoms with Crippen molar-refractivity contribution in [3.63, 3.8) is 0 Å². The van der Waals surface area contributed by atoms with Crippen LogP contribution < -0.4 is 10.6 Å². The second-order valence-electron chi connectivity index (χ2n) is 5.25. The fraction of sp³-hybridized carbons (Fsp3) is 0.769. The van der Waals surface area contributed by atoms with Crippen LogP contribution in [-0.4, -0.2) is 58.2 Å². The standard InChI is InChI=1S/C13H21N3O4S/c1-2-10-16(9(7-21-10)12(18)19)13(20)15-6-5-14-11(17)8-3-4-8/h8-10H,2-7H2,1H3,(H,14,17)(H,15,20)(H,18,19). The van der Waals surface area contributed by atoms with Gasteiger partial charge in [-0.25, -0.2) is 9.59 Å². The van der Waals surface area contributed by atoms with Crippen molar-refractivity contribution in [2.75, 3.05) is 18.8 Å². The Hall–Kier alpha value is -1.44. The van der Waals surface area contributed by atoms with Crippen LogP contribution in [-0.2, 0) is 9.59 Å². The topological polar surface area (TPSA) is 98.7 Å². The number of aliphatic carboxylic acids is 1. The summed E-state index contributed by atoms with van der Waals surface area (Å²) in [5.74, 6) is -0.373. The Kier molecular flexibility index (Phi) is 5.33. The minimum absolute atomic E-state index is 0.0378. The lowest BCUT2D eigenvalue weighted by Gasteiger charge is -2.26. The van der Waals surface area contributed by atoms with Gasteiger partial charge in [0.05, 0.1) is 5.37 Å². The number of carboxylic acid groups (broad SMARTS) is 1. The number of carboxylic acids is 1. The first kappa shape index (κ1) is 15.9. The van der Waals surface area contributed by atoms with E-state index < -0.39 is 12.0 Å². The van der Waals surface area contributed by atoms with Crippen LogP contribution in [0.3, 0.4) is 0 Å². The number of carbonyl (C=O) groups is 3. The molecule has 21 heavy (non-hydrogen) atoms. The molecule has 2 atom stereocenters. The molecule has 0 radical (unpaired) electrons. The molecule has 7 nitrogen and oxygen atoms in total. The third-order valence-electron chi connectivity index (χ3n) is 3.61. The molecule has 3 N–H and O–H groups in total. The third kappa shape index (κ3) is 4.03. The van der Waals surface area contributed by atoms with Gasteiger partial charge in [-0.05, 0) is 19.3 Å². The zero-order chi connectivity index (χ0) is 15.4. The van der Waals surface area contributed by atoms with Gasteiger partial charge in [0.25, 0.3) is 0 Å². The van der Waals surface area contributed by atoms with E-state index in [4.69, 9.17) is 5.11 Å². The molecule has 118 valence electrons. The number of carbonyl (C=O) groups excluding carboxylic acids is 2. The van der Waals surface area contributed by atoms with E-state index in [1.54, 1.807) is 0 Å².